The highest BCUT2D eigenvalue weighted by Gasteiger charge is 2.27. The summed E-state index contributed by atoms with van der Waals surface area (Å²) >= 11 is 1.55. The summed E-state index contributed by atoms with van der Waals surface area (Å²) in [6.07, 6.45) is 6.68. The molecule has 1 saturated heterocycles. The number of pyridine rings is 1. The van der Waals surface area contributed by atoms with Gasteiger partial charge in [0, 0.05) is 36.9 Å². The van der Waals surface area contributed by atoms with E-state index in [0.717, 1.165) is 65.8 Å². The maximum Gasteiger partial charge on any atom is 0.255 e. The van der Waals surface area contributed by atoms with Crippen LogP contribution in [0.15, 0.2) is 96.6 Å². The number of thiazole rings is 1. The van der Waals surface area contributed by atoms with Gasteiger partial charge in [-0.05, 0) is 61.4 Å². The van der Waals surface area contributed by atoms with Crippen LogP contribution in [-0.2, 0) is 13.0 Å². The Bertz CT molecular complexity index is 1550. The van der Waals surface area contributed by atoms with Crippen molar-refractivity contribution in [3.05, 3.63) is 119 Å². The number of rotatable bonds is 8. The van der Waals surface area contributed by atoms with E-state index in [9.17, 15) is 4.79 Å². The number of carbonyl (C=O) groups excluding carboxylic acids is 1. The Labute approximate surface area is 239 Å². The average molecular weight is 548 g/mol. The molecule has 6 rings (SSSR count). The van der Waals surface area contributed by atoms with Crippen molar-refractivity contribution in [1.82, 2.24) is 19.4 Å². The first kappa shape index (κ1) is 26.0. The molecule has 6 nitrogen and oxygen atoms in total. The van der Waals surface area contributed by atoms with Crippen LogP contribution in [-0.4, -0.2) is 38.4 Å². The second-order valence-electron chi connectivity index (χ2n) is 10.4. The van der Waals surface area contributed by atoms with Gasteiger partial charge < -0.3 is 14.8 Å². The van der Waals surface area contributed by atoms with E-state index in [1.54, 1.807) is 23.7 Å². The van der Waals surface area contributed by atoms with E-state index in [0.29, 0.717) is 12.5 Å². The number of hydrogen-bond donors (Lipinski definition) is 1. The van der Waals surface area contributed by atoms with Gasteiger partial charge in [0.05, 0.1) is 28.8 Å². The van der Waals surface area contributed by atoms with Crippen LogP contribution < -0.4 is 5.32 Å². The molecule has 0 saturated carbocycles. The van der Waals surface area contributed by atoms with Gasteiger partial charge in [0.2, 0.25) is 0 Å². The molecule has 4 heterocycles. The molecule has 3 aromatic heterocycles. The minimum atomic E-state index is 0.118. The molecule has 7 heteroatoms. The molecule has 1 aliphatic heterocycles. The maximum atomic E-state index is 13.9. The van der Waals surface area contributed by atoms with Crippen LogP contribution in [0, 0.1) is 12.8 Å². The highest BCUT2D eigenvalue weighted by molar-refractivity contribution is 7.14. The van der Waals surface area contributed by atoms with Crippen molar-refractivity contribution in [1.29, 1.82) is 0 Å². The van der Waals surface area contributed by atoms with E-state index in [2.05, 4.69) is 81.8 Å². The molecule has 0 spiro atoms. The predicted octanol–water partition coefficient (Wildman–Crippen LogP) is 7.20. The van der Waals surface area contributed by atoms with Gasteiger partial charge in [-0.1, -0.05) is 60.7 Å². The topological polar surface area (TPSA) is 63.1 Å². The van der Waals surface area contributed by atoms with Crippen molar-refractivity contribution in [3.8, 4) is 11.4 Å². The number of hydrogen-bond acceptors (Lipinski definition) is 5. The van der Waals surface area contributed by atoms with E-state index in [-0.39, 0.29) is 5.91 Å². The highest BCUT2D eigenvalue weighted by Crippen LogP contribution is 2.32. The summed E-state index contributed by atoms with van der Waals surface area (Å²) in [5.74, 6) is 0.735. The predicted molar refractivity (Wildman–Crippen MR) is 162 cm³/mol. The Morgan fingerprint density at radius 1 is 0.975 bits per heavy atom. The van der Waals surface area contributed by atoms with Crippen LogP contribution in [0.3, 0.4) is 0 Å². The van der Waals surface area contributed by atoms with E-state index in [4.69, 9.17) is 4.98 Å². The molecule has 1 amide bonds. The Kier molecular flexibility index (Phi) is 7.73. The standard InChI is InChI=1S/C33H33N5OS/c1-24-29(32(39)37-17-14-26(15-18-37)19-25-9-4-2-5-10-25)20-31(38(24)22-27-11-6-3-7-12-27)30-23-40-33(36-30)35-28-13-8-16-34-21-28/h2-13,16,20-21,23,26H,14-15,17-19,22H2,1H3,(H,35,36). The molecule has 0 atom stereocenters. The number of carbonyl (C=O) groups is 1. The number of nitrogens with one attached hydrogen (secondary N) is 1. The van der Waals surface area contributed by atoms with E-state index in [1.165, 1.54) is 11.1 Å². The summed E-state index contributed by atoms with van der Waals surface area (Å²) in [7, 11) is 0. The lowest BCUT2D eigenvalue weighted by molar-refractivity contribution is 0.0689. The summed E-state index contributed by atoms with van der Waals surface area (Å²) in [6.45, 7) is 4.33. The Balaban J connectivity index is 1.24. The number of amides is 1. The molecule has 202 valence electrons. The molecule has 5 aromatic rings. The first-order valence-electron chi connectivity index (χ1n) is 13.8. The lowest BCUT2D eigenvalue weighted by Gasteiger charge is -2.32. The lowest BCUT2D eigenvalue weighted by Crippen LogP contribution is -2.39. The second-order valence-corrected chi connectivity index (χ2v) is 11.3. The lowest BCUT2D eigenvalue weighted by atomic mass is 9.90. The SMILES string of the molecule is Cc1c(C(=O)N2CCC(Cc3ccccc3)CC2)cc(-c2csc(Nc3cccnc3)n2)n1Cc1ccccc1. The molecule has 0 radical (unpaired) electrons. The van der Waals surface area contributed by atoms with E-state index < -0.39 is 0 Å². The first-order valence-corrected chi connectivity index (χ1v) is 14.7. The molecule has 0 unspecified atom stereocenters. The summed E-state index contributed by atoms with van der Waals surface area (Å²) < 4.78 is 2.23. The van der Waals surface area contributed by atoms with Crippen LogP contribution in [0.2, 0.25) is 0 Å². The van der Waals surface area contributed by atoms with Crippen LogP contribution >= 0.6 is 11.3 Å². The third-order valence-electron chi connectivity index (χ3n) is 7.73. The minimum Gasteiger partial charge on any atom is -0.339 e. The van der Waals surface area contributed by atoms with Gasteiger partial charge in [0.25, 0.3) is 5.91 Å². The van der Waals surface area contributed by atoms with Crippen LogP contribution in [0.1, 0.15) is 40.0 Å². The fraction of sp³-hybridized carbons (Fsp3) is 0.242. The van der Waals surface area contributed by atoms with Crippen molar-refractivity contribution < 1.29 is 4.79 Å². The molecular formula is C33H33N5OS. The average Bonchev–Trinajstić information content (AvgIpc) is 3.59. The number of piperidine rings is 1. The van der Waals surface area contributed by atoms with E-state index in [1.807, 2.05) is 29.2 Å². The fourth-order valence-electron chi connectivity index (χ4n) is 5.51. The molecule has 1 fully saturated rings. The third-order valence-corrected chi connectivity index (χ3v) is 8.49. The van der Waals surface area contributed by atoms with Gasteiger partial charge in [-0.3, -0.25) is 9.78 Å². The summed E-state index contributed by atoms with van der Waals surface area (Å²) in [5.41, 5.74) is 7.02. The van der Waals surface area contributed by atoms with Gasteiger partial charge in [-0.25, -0.2) is 4.98 Å². The monoisotopic (exact) mass is 547 g/mol. The van der Waals surface area contributed by atoms with Crippen LogP contribution in [0.25, 0.3) is 11.4 Å². The first-order chi connectivity index (χ1) is 19.6. The Morgan fingerprint density at radius 2 is 1.70 bits per heavy atom. The summed E-state index contributed by atoms with van der Waals surface area (Å²) in [4.78, 5) is 25.0. The number of nitrogens with zero attached hydrogens (tertiary/aromatic N) is 4. The van der Waals surface area contributed by atoms with Gasteiger partial charge in [-0.15, -0.1) is 11.3 Å². The molecular weight excluding hydrogens is 514 g/mol. The quantitative estimate of drug-likeness (QED) is 0.223. The highest BCUT2D eigenvalue weighted by atomic mass is 32.1. The van der Waals surface area contributed by atoms with Crippen molar-refractivity contribution in [2.75, 3.05) is 18.4 Å². The van der Waals surface area contributed by atoms with Crippen molar-refractivity contribution in [3.63, 3.8) is 0 Å². The molecule has 2 aromatic carbocycles. The number of anilines is 2. The van der Waals surface area contributed by atoms with Crippen molar-refractivity contribution in [2.24, 2.45) is 5.92 Å². The summed E-state index contributed by atoms with van der Waals surface area (Å²) in [6, 6.07) is 27.0. The van der Waals surface area contributed by atoms with Crippen molar-refractivity contribution >= 4 is 28.1 Å². The molecule has 1 aliphatic rings. The van der Waals surface area contributed by atoms with Crippen molar-refractivity contribution in [2.45, 2.75) is 32.7 Å². The third kappa shape index (κ3) is 5.84. The maximum absolute atomic E-state index is 13.9. The van der Waals surface area contributed by atoms with Crippen LogP contribution in [0.5, 0.6) is 0 Å². The smallest absolute Gasteiger partial charge is 0.255 e. The normalized spacial score (nSPS) is 13.9. The number of benzene rings is 2. The van der Waals surface area contributed by atoms with Gasteiger partial charge in [0.15, 0.2) is 5.13 Å². The number of likely N-dealkylation sites (tertiary alicyclic amines) is 1. The Hall–Kier alpha value is -4.23. The second kappa shape index (κ2) is 11.9. The molecule has 0 bridgehead atoms. The van der Waals surface area contributed by atoms with Gasteiger partial charge in [0.1, 0.15) is 0 Å². The summed E-state index contributed by atoms with van der Waals surface area (Å²) in [5, 5.41) is 6.19. The largest absolute Gasteiger partial charge is 0.339 e. The molecule has 1 N–H and O–H groups in total. The van der Waals surface area contributed by atoms with Crippen LogP contribution in [0.4, 0.5) is 10.8 Å². The van der Waals surface area contributed by atoms with Gasteiger partial charge >= 0.3 is 0 Å². The molecule has 0 aliphatic carbocycles. The molecule has 40 heavy (non-hydrogen) atoms. The number of aromatic nitrogens is 3. The Morgan fingerprint density at radius 3 is 2.40 bits per heavy atom. The van der Waals surface area contributed by atoms with Gasteiger partial charge in [-0.2, -0.15) is 0 Å². The fourth-order valence-corrected chi connectivity index (χ4v) is 6.24. The minimum absolute atomic E-state index is 0.118. The zero-order chi connectivity index (χ0) is 27.3. The zero-order valence-electron chi connectivity index (χ0n) is 22.7. The van der Waals surface area contributed by atoms with E-state index >= 15 is 0 Å². The zero-order valence-corrected chi connectivity index (χ0v) is 23.5.